The van der Waals surface area contributed by atoms with Crippen LogP contribution in [0.1, 0.15) is 35.7 Å². The lowest BCUT2D eigenvalue weighted by atomic mass is 10.0. The molecule has 0 heterocycles. The molecule has 0 atom stereocenters. The Labute approximate surface area is 156 Å². The number of carbonyl (C=O) groups excluding carboxylic acids is 1. The number of carbonyl (C=O) groups is 1. The summed E-state index contributed by atoms with van der Waals surface area (Å²) in [6, 6.07) is 23.3. The Morgan fingerprint density at radius 1 is 0.880 bits per heavy atom. The average molecular weight is 395 g/mol. The molecule has 0 N–H and O–H groups in total. The van der Waals surface area contributed by atoms with Crippen LogP contribution in [0.15, 0.2) is 77.3 Å². The minimum atomic E-state index is -0.344. The molecule has 0 radical (unpaired) electrons. The molecule has 0 amide bonds. The first kappa shape index (κ1) is 17.4. The van der Waals surface area contributed by atoms with Gasteiger partial charge in [-0.25, -0.2) is 4.79 Å². The molecule has 0 aliphatic rings. The van der Waals surface area contributed by atoms with Gasteiger partial charge in [-0.15, -0.1) is 0 Å². The number of hydrogen-bond acceptors (Lipinski definition) is 2. The second kappa shape index (κ2) is 7.66. The highest BCUT2D eigenvalue weighted by molar-refractivity contribution is 9.10. The molecule has 0 aliphatic heterocycles. The van der Waals surface area contributed by atoms with Gasteiger partial charge in [-0.05, 0) is 52.9 Å². The summed E-state index contributed by atoms with van der Waals surface area (Å²) in [4.78, 5) is 12.5. The first-order chi connectivity index (χ1) is 12.0. The fraction of sp³-hybridized carbons (Fsp3) is 0.136. The first-order valence-electron chi connectivity index (χ1n) is 8.21. The number of ether oxygens (including phenoxy) is 1. The standard InChI is InChI=1S/C22H19BrO2/c1-15(2)20-14-19(23)12-13-21(20)25-22(24)18-10-8-17(9-11-18)16-6-4-3-5-7-16/h3-15H,1-2H3. The van der Waals surface area contributed by atoms with Crippen molar-refractivity contribution in [1.82, 2.24) is 0 Å². The maximum atomic E-state index is 12.5. The van der Waals surface area contributed by atoms with Crippen LogP contribution >= 0.6 is 15.9 Å². The van der Waals surface area contributed by atoms with Gasteiger partial charge in [0.1, 0.15) is 5.75 Å². The largest absolute Gasteiger partial charge is 0.423 e. The molecule has 3 aromatic carbocycles. The summed E-state index contributed by atoms with van der Waals surface area (Å²) in [6.45, 7) is 4.15. The van der Waals surface area contributed by atoms with Gasteiger partial charge in [0.2, 0.25) is 0 Å². The molecule has 3 heteroatoms. The predicted molar refractivity (Wildman–Crippen MR) is 105 cm³/mol. The van der Waals surface area contributed by atoms with Crippen molar-refractivity contribution >= 4 is 21.9 Å². The molecule has 3 aromatic rings. The van der Waals surface area contributed by atoms with Crippen molar-refractivity contribution in [2.24, 2.45) is 0 Å². The number of hydrogen-bond donors (Lipinski definition) is 0. The fourth-order valence-electron chi connectivity index (χ4n) is 2.65. The number of rotatable bonds is 4. The highest BCUT2D eigenvalue weighted by Gasteiger charge is 2.14. The number of halogens is 1. The first-order valence-corrected chi connectivity index (χ1v) is 9.01. The van der Waals surface area contributed by atoms with Crippen molar-refractivity contribution in [3.63, 3.8) is 0 Å². The monoisotopic (exact) mass is 394 g/mol. The van der Waals surface area contributed by atoms with E-state index in [0.29, 0.717) is 11.3 Å². The highest BCUT2D eigenvalue weighted by Crippen LogP contribution is 2.30. The zero-order chi connectivity index (χ0) is 17.8. The topological polar surface area (TPSA) is 26.3 Å². The van der Waals surface area contributed by atoms with E-state index < -0.39 is 0 Å². The lowest BCUT2D eigenvalue weighted by molar-refractivity contribution is 0.0733. The molecule has 3 rings (SSSR count). The van der Waals surface area contributed by atoms with Crippen molar-refractivity contribution in [2.45, 2.75) is 19.8 Å². The van der Waals surface area contributed by atoms with E-state index in [2.05, 4.69) is 29.8 Å². The molecular formula is C22H19BrO2. The quantitative estimate of drug-likeness (QED) is 0.374. The van der Waals surface area contributed by atoms with Gasteiger partial charge in [0.15, 0.2) is 0 Å². The smallest absolute Gasteiger partial charge is 0.343 e. The van der Waals surface area contributed by atoms with E-state index in [1.807, 2.05) is 60.7 Å². The normalized spacial score (nSPS) is 10.7. The van der Waals surface area contributed by atoms with Gasteiger partial charge in [0.25, 0.3) is 0 Å². The van der Waals surface area contributed by atoms with Gasteiger partial charge < -0.3 is 4.74 Å². The van der Waals surface area contributed by atoms with Crippen LogP contribution in [-0.4, -0.2) is 5.97 Å². The molecule has 0 fully saturated rings. The zero-order valence-electron chi connectivity index (χ0n) is 14.2. The van der Waals surface area contributed by atoms with E-state index in [4.69, 9.17) is 4.74 Å². The van der Waals surface area contributed by atoms with E-state index in [9.17, 15) is 4.79 Å². The molecule has 0 spiro atoms. The third-order valence-corrected chi connectivity index (χ3v) is 4.52. The fourth-order valence-corrected chi connectivity index (χ4v) is 3.03. The summed E-state index contributed by atoms with van der Waals surface area (Å²) in [5, 5.41) is 0. The van der Waals surface area contributed by atoms with Crippen LogP contribution in [0, 0.1) is 0 Å². The number of benzene rings is 3. The molecule has 126 valence electrons. The second-order valence-corrected chi connectivity index (χ2v) is 7.09. The van der Waals surface area contributed by atoms with Gasteiger partial charge in [-0.3, -0.25) is 0 Å². The van der Waals surface area contributed by atoms with Crippen LogP contribution < -0.4 is 4.74 Å². The molecular weight excluding hydrogens is 376 g/mol. The minimum Gasteiger partial charge on any atom is -0.423 e. The summed E-state index contributed by atoms with van der Waals surface area (Å²) >= 11 is 3.47. The molecule has 0 aliphatic carbocycles. The van der Waals surface area contributed by atoms with Crippen molar-refractivity contribution in [2.75, 3.05) is 0 Å². The third kappa shape index (κ3) is 4.18. The van der Waals surface area contributed by atoms with E-state index >= 15 is 0 Å². The van der Waals surface area contributed by atoms with Crippen LogP contribution in [0.25, 0.3) is 11.1 Å². The molecule has 0 saturated carbocycles. The predicted octanol–water partition coefficient (Wildman–Crippen LogP) is 6.46. The second-order valence-electron chi connectivity index (χ2n) is 6.17. The third-order valence-electron chi connectivity index (χ3n) is 4.02. The van der Waals surface area contributed by atoms with Crippen molar-refractivity contribution < 1.29 is 9.53 Å². The summed E-state index contributed by atoms with van der Waals surface area (Å²) in [5.74, 6) is 0.528. The Kier molecular flexibility index (Phi) is 5.34. The Morgan fingerprint density at radius 3 is 2.16 bits per heavy atom. The van der Waals surface area contributed by atoms with Gasteiger partial charge in [-0.2, -0.15) is 0 Å². The summed E-state index contributed by atoms with van der Waals surface area (Å²) in [5.41, 5.74) is 3.74. The number of esters is 1. The van der Waals surface area contributed by atoms with E-state index in [1.54, 1.807) is 12.1 Å². The van der Waals surface area contributed by atoms with E-state index in [0.717, 1.165) is 21.2 Å². The van der Waals surface area contributed by atoms with E-state index in [-0.39, 0.29) is 11.9 Å². The van der Waals surface area contributed by atoms with Gasteiger partial charge in [-0.1, -0.05) is 72.2 Å². The van der Waals surface area contributed by atoms with Crippen molar-refractivity contribution in [3.05, 3.63) is 88.4 Å². The molecule has 25 heavy (non-hydrogen) atoms. The lowest BCUT2D eigenvalue weighted by Gasteiger charge is -2.13. The van der Waals surface area contributed by atoms with Crippen LogP contribution in [0.2, 0.25) is 0 Å². The minimum absolute atomic E-state index is 0.265. The lowest BCUT2D eigenvalue weighted by Crippen LogP contribution is -2.10. The average Bonchev–Trinajstić information content (AvgIpc) is 2.64. The molecule has 0 bridgehead atoms. The Hall–Kier alpha value is -2.39. The van der Waals surface area contributed by atoms with Crippen LogP contribution in [0.5, 0.6) is 5.75 Å². The Morgan fingerprint density at radius 2 is 1.52 bits per heavy atom. The summed E-state index contributed by atoms with van der Waals surface area (Å²) in [6.07, 6.45) is 0. The Bertz CT molecular complexity index is 868. The summed E-state index contributed by atoms with van der Waals surface area (Å²) < 4.78 is 6.61. The summed E-state index contributed by atoms with van der Waals surface area (Å²) in [7, 11) is 0. The van der Waals surface area contributed by atoms with Crippen LogP contribution in [0.4, 0.5) is 0 Å². The van der Waals surface area contributed by atoms with Crippen LogP contribution in [-0.2, 0) is 0 Å². The molecule has 0 aromatic heterocycles. The zero-order valence-corrected chi connectivity index (χ0v) is 15.8. The van der Waals surface area contributed by atoms with Crippen molar-refractivity contribution in [3.8, 4) is 16.9 Å². The molecule has 0 unspecified atom stereocenters. The van der Waals surface area contributed by atoms with E-state index in [1.165, 1.54) is 0 Å². The Balaban J connectivity index is 1.80. The molecule has 0 saturated heterocycles. The van der Waals surface area contributed by atoms with Crippen LogP contribution in [0.3, 0.4) is 0 Å². The van der Waals surface area contributed by atoms with Gasteiger partial charge >= 0.3 is 5.97 Å². The maximum Gasteiger partial charge on any atom is 0.343 e. The highest BCUT2D eigenvalue weighted by atomic mass is 79.9. The molecule has 2 nitrogen and oxygen atoms in total. The SMILES string of the molecule is CC(C)c1cc(Br)ccc1OC(=O)c1ccc(-c2ccccc2)cc1. The van der Waals surface area contributed by atoms with Crippen molar-refractivity contribution in [1.29, 1.82) is 0 Å². The maximum absolute atomic E-state index is 12.5. The van der Waals surface area contributed by atoms with Gasteiger partial charge in [0, 0.05) is 4.47 Å². The van der Waals surface area contributed by atoms with Gasteiger partial charge in [0.05, 0.1) is 5.56 Å².